The van der Waals surface area contributed by atoms with E-state index in [1.165, 1.54) is 5.56 Å². The van der Waals surface area contributed by atoms with Crippen LogP contribution in [0.2, 0.25) is 0 Å². The molecule has 2 heterocycles. The van der Waals surface area contributed by atoms with Gasteiger partial charge in [-0.25, -0.2) is 4.98 Å². The third-order valence-electron chi connectivity index (χ3n) is 5.70. The quantitative estimate of drug-likeness (QED) is 0.508. The van der Waals surface area contributed by atoms with Crippen LogP contribution < -0.4 is 10.5 Å². The molecule has 4 aromatic rings. The Kier molecular flexibility index (Phi) is 5.08. The highest BCUT2D eigenvalue weighted by Crippen LogP contribution is 2.35. The number of aromatic nitrogens is 1. The maximum atomic E-state index is 6.48. The number of benzene rings is 3. The molecular formula is C26H25N3O. The van der Waals surface area contributed by atoms with Gasteiger partial charge in [-0.3, -0.25) is 4.90 Å². The Balaban J connectivity index is 1.37. The summed E-state index contributed by atoms with van der Waals surface area (Å²) < 4.78 is 6.48. The van der Waals surface area contributed by atoms with Gasteiger partial charge in [0, 0.05) is 30.6 Å². The molecule has 1 aromatic heterocycles. The number of hydrogen-bond acceptors (Lipinski definition) is 4. The molecule has 1 atom stereocenters. The van der Waals surface area contributed by atoms with Gasteiger partial charge in [0.1, 0.15) is 17.7 Å². The van der Waals surface area contributed by atoms with Crippen molar-refractivity contribution in [3.63, 3.8) is 0 Å². The van der Waals surface area contributed by atoms with Crippen LogP contribution in [-0.2, 0) is 6.54 Å². The molecule has 0 saturated carbocycles. The standard InChI is InChI=1S/C26H25N3O/c27-26-12-6-11-24(28-26)22-13-14-25(23-10-5-4-9-21(22)23)30-20-15-16-29(18-20)17-19-7-2-1-3-8-19/h1-14,20H,15-18H2,(H2,27,28). The molecule has 0 spiro atoms. The first kappa shape index (κ1) is 18.6. The topological polar surface area (TPSA) is 51.4 Å². The van der Waals surface area contributed by atoms with Crippen molar-refractivity contribution in [3.05, 3.63) is 90.5 Å². The van der Waals surface area contributed by atoms with E-state index in [4.69, 9.17) is 10.5 Å². The number of hydrogen-bond donors (Lipinski definition) is 1. The zero-order chi connectivity index (χ0) is 20.3. The van der Waals surface area contributed by atoms with E-state index in [1.807, 2.05) is 18.2 Å². The summed E-state index contributed by atoms with van der Waals surface area (Å²) in [6, 6.07) is 28.9. The van der Waals surface area contributed by atoms with Crippen molar-refractivity contribution < 1.29 is 4.74 Å². The number of nitrogen functional groups attached to an aromatic ring is 1. The number of nitrogens with zero attached hydrogens (tertiary/aromatic N) is 2. The second-order valence-electron chi connectivity index (χ2n) is 7.85. The number of pyridine rings is 1. The van der Waals surface area contributed by atoms with Gasteiger partial charge in [0.25, 0.3) is 0 Å². The molecule has 150 valence electrons. The average molecular weight is 396 g/mol. The lowest BCUT2D eigenvalue weighted by molar-refractivity contribution is 0.200. The molecule has 0 aliphatic carbocycles. The Hall–Kier alpha value is -3.37. The number of likely N-dealkylation sites (tertiary alicyclic amines) is 1. The maximum Gasteiger partial charge on any atom is 0.127 e. The lowest BCUT2D eigenvalue weighted by Gasteiger charge is -2.18. The summed E-state index contributed by atoms with van der Waals surface area (Å²) in [7, 11) is 0. The van der Waals surface area contributed by atoms with Crippen molar-refractivity contribution in [2.45, 2.75) is 19.1 Å². The van der Waals surface area contributed by atoms with Crippen molar-refractivity contribution in [2.24, 2.45) is 0 Å². The van der Waals surface area contributed by atoms with Crippen molar-refractivity contribution in [3.8, 4) is 17.0 Å². The zero-order valence-electron chi connectivity index (χ0n) is 16.9. The normalized spacial score (nSPS) is 16.7. The fraction of sp³-hybridized carbons (Fsp3) is 0.192. The molecule has 1 fully saturated rings. The van der Waals surface area contributed by atoms with Gasteiger partial charge >= 0.3 is 0 Å². The number of anilines is 1. The first-order valence-electron chi connectivity index (χ1n) is 10.4. The molecule has 0 amide bonds. The molecule has 1 aliphatic rings. The van der Waals surface area contributed by atoms with E-state index >= 15 is 0 Å². The van der Waals surface area contributed by atoms with Crippen molar-refractivity contribution in [1.82, 2.24) is 9.88 Å². The van der Waals surface area contributed by atoms with E-state index in [0.29, 0.717) is 5.82 Å². The van der Waals surface area contributed by atoms with E-state index in [1.54, 1.807) is 0 Å². The zero-order valence-corrected chi connectivity index (χ0v) is 16.9. The summed E-state index contributed by atoms with van der Waals surface area (Å²) in [5, 5.41) is 2.24. The van der Waals surface area contributed by atoms with Crippen LogP contribution in [0, 0.1) is 0 Å². The van der Waals surface area contributed by atoms with E-state index in [9.17, 15) is 0 Å². The molecule has 4 heteroatoms. The molecular weight excluding hydrogens is 370 g/mol. The summed E-state index contributed by atoms with van der Waals surface area (Å²) >= 11 is 0. The van der Waals surface area contributed by atoms with Crippen LogP contribution in [0.5, 0.6) is 5.75 Å². The molecule has 5 rings (SSSR count). The lowest BCUT2D eigenvalue weighted by atomic mass is 10.0. The SMILES string of the molecule is Nc1cccc(-c2ccc(OC3CCN(Cc4ccccc4)C3)c3ccccc23)n1. The number of rotatable bonds is 5. The van der Waals surface area contributed by atoms with Gasteiger partial charge in [0.15, 0.2) is 0 Å². The Bertz CT molecular complexity index is 1160. The molecule has 1 unspecified atom stereocenters. The predicted molar refractivity (Wildman–Crippen MR) is 122 cm³/mol. The minimum Gasteiger partial charge on any atom is -0.488 e. The van der Waals surface area contributed by atoms with Crippen molar-refractivity contribution in [2.75, 3.05) is 18.8 Å². The van der Waals surface area contributed by atoms with Crippen LogP contribution >= 0.6 is 0 Å². The van der Waals surface area contributed by atoms with Gasteiger partial charge in [0.2, 0.25) is 0 Å². The highest BCUT2D eigenvalue weighted by molar-refractivity contribution is 5.99. The van der Waals surface area contributed by atoms with Gasteiger partial charge in [-0.15, -0.1) is 0 Å². The monoisotopic (exact) mass is 395 g/mol. The molecule has 1 aliphatic heterocycles. The fourth-order valence-electron chi connectivity index (χ4n) is 4.26. The summed E-state index contributed by atoms with van der Waals surface area (Å²) in [5.41, 5.74) is 9.21. The van der Waals surface area contributed by atoms with Gasteiger partial charge in [-0.05, 0) is 41.6 Å². The first-order valence-corrected chi connectivity index (χ1v) is 10.4. The molecule has 1 saturated heterocycles. The molecule has 0 radical (unpaired) electrons. The Morgan fingerprint density at radius 1 is 0.867 bits per heavy atom. The predicted octanol–water partition coefficient (Wildman–Crippen LogP) is 5.14. The minimum atomic E-state index is 0.202. The Labute approximate surface area is 176 Å². The second-order valence-corrected chi connectivity index (χ2v) is 7.85. The highest BCUT2D eigenvalue weighted by atomic mass is 16.5. The van der Waals surface area contributed by atoms with Gasteiger partial charge in [0.05, 0.1) is 5.69 Å². The van der Waals surface area contributed by atoms with E-state index in [0.717, 1.165) is 53.8 Å². The molecule has 4 nitrogen and oxygen atoms in total. The fourth-order valence-corrected chi connectivity index (χ4v) is 4.26. The smallest absolute Gasteiger partial charge is 0.127 e. The van der Waals surface area contributed by atoms with Crippen molar-refractivity contribution in [1.29, 1.82) is 0 Å². The Morgan fingerprint density at radius 3 is 2.50 bits per heavy atom. The summed E-state index contributed by atoms with van der Waals surface area (Å²) in [6.45, 7) is 2.98. The van der Waals surface area contributed by atoms with Crippen LogP contribution in [0.1, 0.15) is 12.0 Å². The minimum absolute atomic E-state index is 0.202. The van der Waals surface area contributed by atoms with E-state index in [2.05, 4.69) is 76.6 Å². The number of fused-ring (bicyclic) bond motifs is 1. The summed E-state index contributed by atoms with van der Waals surface area (Å²) in [5.74, 6) is 1.46. The average Bonchev–Trinajstić information content (AvgIpc) is 3.21. The number of nitrogens with two attached hydrogens (primary N) is 1. The van der Waals surface area contributed by atoms with E-state index in [-0.39, 0.29) is 6.10 Å². The lowest BCUT2D eigenvalue weighted by Crippen LogP contribution is -2.24. The van der Waals surface area contributed by atoms with Crippen LogP contribution in [0.3, 0.4) is 0 Å². The molecule has 2 N–H and O–H groups in total. The molecule has 0 bridgehead atoms. The van der Waals surface area contributed by atoms with Gasteiger partial charge < -0.3 is 10.5 Å². The molecule has 3 aromatic carbocycles. The third-order valence-corrected chi connectivity index (χ3v) is 5.70. The van der Waals surface area contributed by atoms with Crippen LogP contribution in [0.25, 0.3) is 22.0 Å². The largest absolute Gasteiger partial charge is 0.488 e. The first-order chi connectivity index (χ1) is 14.8. The highest BCUT2D eigenvalue weighted by Gasteiger charge is 2.24. The second kappa shape index (κ2) is 8.17. The van der Waals surface area contributed by atoms with Crippen LogP contribution in [0.4, 0.5) is 5.82 Å². The maximum absolute atomic E-state index is 6.48. The van der Waals surface area contributed by atoms with E-state index < -0.39 is 0 Å². The van der Waals surface area contributed by atoms with Crippen LogP contribution in [0.15, 0.2) is 84.9 Å². The van der Waals surface area contributed by atoms with Gasteiger partial charge in [-0.1, -0.05) is 60.7 Å². The van der Waals surface area contributed by atoms with Crippen molar-refractivity contribution >= 4 is 16.6 Å². The number of ether oxygens (including phenoxy) is 1. The van der Waals surface area contributed by atoms with Crippen LogP contribution in [-0.4, -0.2) is 29.1 Å². The summed E-state index contributed by atoms with van der Waals surface area (Å²) in [6.07, 6.45) is 1.24. The summed E-state index contributed by atoms with van der Waals surface area (Å²) in [4.78, 5) is 6.97. The van der Waals surface area contributed by atoms with Gasteiger partial charge in [-0.2, -0.15) is 0 Å². The molecule has 30 heavy (non-hydrogen) atoms. The third kappa shape index (κ3) is 3.87. The Morgan fingerprint density at radius 2 is 1.67 bits per heavy atom.